The van der Waals surface area contributed by atoms with Crippen LogP contribution in [0.1, 0.15) is 11.4 Å². The van der Waals surface area contributed by atoms with Crippen LogP contribution in [0.4, 0.5) is 5.69 Å². The fourth-order valence-corrected chi connectivity index (χ4v) is 3.50. The molecule has 0 aliphatic rings. The lowest BCUT2D eigenvalue weighted by Crippen LogP contribution is -2.14. The van der Waals surface area contributed by atoms with Crippen LogP contribution >= 0.6 is 23.4 Å². The normalized spacial score (nSPS) is 10.6. The SMILES string of the molecule is COc1cccc(NC(=O)CSc2nnc(COc3ccc(Cl)cc3C)n2C)c1. The van der Waals surface area contributed by atoms with Crippen LogP contribution in [-0.2, 0) is 18.4 Å². The van der Waals surface area contributed by atoms with Crippen molar-refractivity contribution in [3.8, 4) is 11.5 Å². The first-order chi connectivity index (χ1) is 14.0. The first-order valence-electron chi connectivity index (χ1n) is 8.80. The Morgan fingerprint density at radius 3 is 2.83 bits per heavy atom. The minimum absolute atomic E-state index is 0.138. The van der Waals surface area contributed by atoms with Crippen LogP contribution in [-0.4, -0.2) is 33.5 Å². The van der Waals surface area contributed by atoms with Gasteiger partial charge >= 0.3 is 0 Å². The maximum atomic E-state index is 12.2. The lowest BCUT2D eigenvalue weighted by molar-refractivity contribution is -0.113. The van der Waals surface area contributed by atoms with Gasteiger partial charge in [-0.15, -0.1) is 10.2 Å². The van der Waals surface area contributed by atoms with Crippen molar-refractivity contribution in [3.05, 3.63) is 58.9 Å². The number of carbonyl (C=O) groups is 1. The number of methoxy groups -OCH3 is 1. The molecule has 0 bridgehead atoms. The predicted octanol–water partition coefficient (Wildman–Crippen LogP) is 4.10. The van der Waals surface area contributed by atoms with Gasteiger partial charge < -0.3 is 19.4 Å². The van der Waals surface area contributed by atoms with Crippen molar-refractivity contribution in [2.45, 2.75) is 18.7 Å². The Morgan fingerprint density at radius 2 is 2.07 bits per heavy atom. The third-order valence-electron chi connectivity index (χ3n) is 4.10. The van der Waals surface area contributed by atoms with Gasteiger partial charge in [0.1, 0.15) is 18.1 Å². The second-order valence-corrected chi connectivity index (χ2v) is 7.60. The molecule has 2 aromatic carbocycles. The van der Waals surface area contributed by atoms with E-state index in [1.54, 1.807) is 19.2 Å². The molecule has 3 aromatic rings. The summed E-state index contributed by atoms with van der Waals surface area (Å²) in [5.74, 6) is 2.16. The van der Waals surface area contributed by atoms with Gasteiger partial charge in [-0.05, 0) is 42.8 Å². The van der Waals surface area contributed by atoms with Crippen molar-refractivity contribution in [1.29, 1.82) is 0 Å². The molecule has 1 amide bonds. The summed E-state index contributed by atoms with van der Waals surface area (Å²) in [5.41, 5.74) is 1.63. The molecule has 0 fully saturated rings. The van der Waals surface area contributed by atoms with Crippen LogP contribution in [0.3, 0.4) is 0 Å². The van der Waals surface area contributed by atoms with E-state index < -0.39 is 0 Å². The third kappa shape index (κ3) is 5.65. The Labute approximate surface area is 178 Å². The van der Waals surface area contributed by atoms with Gasteiger partial charge in [-0.2, -0.15) is 0 Å². The molecule has 0 aliphatic heterocycles. The summed E-state index contributed by atoms with van der Waals surface area (Å²) in [4.78, 5) is 12.2. The molecule has 9 heteroatoms. The first-order valence-corrected chi connectivity index (χ1v) is 10.2. The van der Waals surface area contributed by atoms with Crippen molar-refractivity contribution in [3.63, 3.8) is 0 Å². The highest BCUT2D eigenvalue weighted by molar-refractivity contribution is 7.99. The molecule has 0 saturated heterocycles. The van der Waals surface area contributed by atoms with Crippen LogP contribution in [0, 0.1) is 6.92 Å². The van der Waals surface area contributed by atoms with Crippen LogP contribution < -0.4 is 14.8 Å². The number of carbonyl (C=O) groups excluding carboxylic acids is 1. The molecule has 1 heterocycles. The van der Waals surface area contributed by atoms with E-state index in [2.05, 4.69) is 15.5 Å². The first kappa shape index (κ1) is 21.0. The average molecular weight is 433 g/mol. The molecular formula is C20H21ClN4O3S. The number of anilines is 1. The monoisotopic (exact) mass is 432 g/mol. The largest absolute Gasteiger partial charge is 0.497 e. The van der Waals surface area contributed by atoms with E-state index in [1.807, 2.05) is 48.9 Å². The summed E-state index contributed by atoms with van der Waals surface area (Å²) in [6.07, 6.45) is 0. The molecular weight excluding hydrogens is 412 g/mol. The van der Waals surface area contributed by atoms with Gasteiger partial charge in [-0.1, -0.05) is 29.4 Å². The second kappa shape index (κ2) is 9.67. The third-order valence-corrected chi connectivity index (χ3v) is 5.36. The number of rotatable bonds is 8. The van der Waals surface area contributed by atoms with Crippen LogP contribution in [0.5, 0.6) is 11.5 Å². The quantitative estimate of drug-likeness (QED) is 0.540. The van der Waals surface area contributed by atoms with E-state index >= 15 is 0 Å². The Morgan fingerprint density at radius 1 is 1.24 bits per heavy atom. The number of thioether (sulfide) groups is 1. The number of hydrogen-bond acceptors (Lipinski definition) is 6. The van der Waals surface area contributed by atoms with Crippen molar-refractivity contribution in [2.24, 2.45) is 7.05 Å². The number of nitrogens with one attached hydrogen (secondary N) is 1. The summed E-state index contributed by atoms with van der Waals surface area (Å²) >= 11 is 7.27. The fourth-order valence-electron chi connectivity index (χ4n) is 2.54. The zero-order chi connectivity index (χ0) is 20.8. The van der Waals surface area contributed by atoms with Crippen molar-refractivity contribution in [2.75, 3.05) is 18.2 Å². The maximum absolute atomic E-state index is 12.2. The van der Waals surface area contributed by atoms with Gasteiger partial charge in [-0.3, -0.25) is 4.79 Å². The molecule has 1 aromatic heterocycles. The molecule has 0 aliphatic carbocycles. The minimum atomic E-state index is -0.138. The molecule has 0 atom stereocenters. The fraction of sp³-hybridized carbons (Fsp3) is 0.250. The summed E-state index contributed by atoms with van der Waals surface area (Å²) in [7, 11) is 3.43. The second-order valence-electron chi connectivity index (χ2n) is 6.23. The summed E-state index contributed by atoms with van der Waals surface area (Å²) < 4.78 is 12.8. The molecule has 7 nitrogen and oxygen atoms in total. The lowest BCUT2D eigenvalue weighted by Gasteiger charge is -2.09. The minimum Gasteiger partial charge on any atom is -0.497 e. The average Bonchev–Trinajstić information content (AvgIpc) is 3.05. The van der Waals surface area contributed by atoms with E-state index in [0.717, 1.165) is 11.3 Å². The zero-order valence-corrected chi connectivity index (χ0v) is 17.9. The number of amides is 1. The maximum Gasteiger partial charge on any atom is 0.234 e. The number of benzene rings is 2. The van der Waals surface area contributed by atoms with Gasteiger partial charge in [0.2, 0.25) is 5.91 Å². The van der Waals surface area contributed by atoms with Gasteiger partial charge in [0.25, 0.3) is 0 Å². The van der Waals surface area contributed by atoms with E-state index in [0.29, 0.717) is 27.4 Å². The number of nitrogens with zero attached hydrogens (tertiary/aromatic N) is 3. The molecule has 0 spiro atoms. The summed E-state index contributed by atoms with van der Waals surface area (Å²) in [5, 5.41) is 12.4. The van der Waals surface area contributed by atoms with Gasteiger partial charge in [0, 0.05) is 23.8 Å². The Kier molecular flexibility index (Phi) is 7.00. The van der Waals surface area contributed by atoms with E-state index in [9.17, 15) is 4.79 Å². The van der Waals surface area contributed by atoms with Gasteiger partial charge in [0.15, 0.2) is 11.0 Å². The van der Waals surface area contributed by atoms with Gasteiger partial charge in [0.05, 0.1) is 12.9 Å². The topological polar surface area (TPSA) is 78.3 Å². The highest BCUT2D eigenvalue weighted by atomic mass is 35.5. The highest BCUT2D eigenvalue weighted by Crippen LogP contribution is 2.23. The number of aromatic nitrogens is 3. The Balaban J connectivity index is 1.54. The molecule has 0 saturated carbocycles. The van der Waals surface area contributed by atoms with Gasteiger partial charge in [-0.25, -0.2) is 0 Å². The number of aryl methyl sites for hydroxylation is 1. The summed E-state index contributed by atoms with van der Waals surface area (Å²) in [6.45, 7) is 2.20. The molecule has 3 rings (SSSR count). The van der Waals surface area contributed by atoms with E-state index in [1.165, 1.54) is 11.8 Å². The molecule has 152 valence electrons. The standard InChI is InChI=1S/C20H21ClN4O3S/c1-13-9-14(21)7-8-17(13)28-11-18-23-24-20(25(18)2)29-12-19(26)22-15-5-4-6-16(10-15)27-3/h4-10H,11-12H2,1-3H3,(H,22,26). The molecule has 1 N–H and O–H groups in total. The van der Waals surface area contributed by atoms with Crippen molar-refractivity contribution < 1.29 is 14.3 Å². The van der Waals surface area contributed by atoms with Crippen LogP contribution in [0.15, 0.2) is 47.6 Å². The Hall–Kier alpha value is -2.71. The van der Waals surface area contributed by atoms with Crippen molar-refractivity contribution >= 4 is 35.0 Å². The van der Waals surface area contributed by atoms with Crippen LogP contribution in [0.2, 0.25) is 5.02 Å². The Bertz CT molecular complexity index is 1010. The predicted molar refractivity (Wildman–Crippen MR) is 114 cm³/mol. The highest BCUT2D eigenvalue weighted by Gasteiger charge is 2.13. The number of hydrogen-bond donors (Lipinski definition) is 1. The molecule has 0 radical (unpaired) electrons. The van der Waals surface area contributed by atoms with E-state index in [-0.39, 0.29) is 18.3 Å². The number of halogens is 1. The van der Waals surface area contributed by atoms with E-state index in [4.69, 9.17) is 21.1 Å². The summed E-state index contributed by atoms with van der Waals surface area (Å²) in [6, 6.07) is 12.7. The number of ether oxygens (including phenoxy) is 2. The van der Waals surface area contributed by atoms with Crippen LogP contribution in [0.25, 0.3) is 0 Å². The lowest BCUT2D eigenvalue weighted by atomic mass is 10.2. The molecule has 0 unspecified atom stereocenters. The van der Waals surface area contributed by atoms with Crippen molar-refractivity contribution in [1.82, 2.24) is 14.8 Å². The smallest absolute Gasteiger partial charge is 0.234 e. The molecule has 29 heavy (non-hydrogen) atoms. The zero-order valence-electron chi connectivity index (χ0n) is 16.3.